The fourth-order valence-electron chi connectivity index (χ4n) is 12.8. The van der Waals surface area contributed by atoms with Crippen LogP contribution in [0.5, 0.6) is 0 Å². The zero-order valence-corrected chi connectivity index (χ0v) is 67.8. The van der Waals surface area contributed by atoms with Crippen LogP contribution < -0.4 is 0 Å². The van der Waals surface area contributed by atoms with E-state index >= 15 is 0 Å². The quantitative estimate of drug-likeness (QED) is 0.0222. The van der Waals surface area contributed by atoms with Crippen LogP contribution in [0.2, 0.25) is 0 Å². The van der Waals surface area contributed by atoms with Crippen molar-refractivity contribution < 1.29 is 80.2 Å². The maximum Gasteiger partial charge on any atom is 0.472 e. The van der Waals surface area contributed by atoms with E-state index < -0.39 is 97.5 Å². The van der Waals surface area contributed by atoms with E-state index in [-0.39, 0.29) is 25.7 Å². The molecule has 0 heterocycles. The summed E-state index contributed by atoms with van der Waals surface area (Å²) < 4.78 is 68.8. The average Bonchev–Trinajstić information content (AvgIpc) is 0.947. The molecule has 0 radical (unpaired) electrons. The molecule has 600 valence electrons. The van der Waals surface area contributed by atoms with Crippen LogP contribution in [-0.4, -0.2) is 96.7 Å². The van der Waals surface area contributed by atoms with E-state index in [1.165, 1.54) is 263 Å². The second-order valence-electron chi connectivity index (χ2n) is 30.0. The summed E-state index contributed by atoms with van der Waals surface area (Å²) in [6, 6.07) is 0. The van der Waals surface area contributed by atoms with Crippen molar-refractivity contribution in [2.24, 2.45) is 5.92 Å². The highest BCUT2D eigenvalue weighted by molar-refractivity contribution is 7.47. The number of unbranched alkanes of at least 4 members (excludes halogenated alkanes) is 54. The van der Waals surface area contributed by atoms with E-state index in [2.05, 4.69) is 34.6 Å². The molecule has 0 aromatic heterocycles. The van der Waals surface area contributed by atoms with Gasteiger partial charge in [0.2, 0.25) is 0 Å². The van der Waals surface area contributed by atoms with Crippen LogP contribution in [0, 0.1) is 5.92 Å². The predicted octanol–water partition coefficient (Wildman–Crippen LogP) is 24.8. The SMILES string of the molecule is CCCCCCCCCCCCCCCCCCCCCCC(=O)O[C@H](COC(=O)CCCCCCCCCCCCCCCCCC)COP(=O)(O)OC[C@@H](O)COP(=O)(O)OC[C@@H](COC(=O)CCCCCCCCCCC(C)C)OC(=O)CCCCCCCCCCCCCCCC. The lowest BCUT2D eigenvalue weighted by atomic mass is 10.0. The van der Waals surface area contributed by atoms with Gasteiger partial charge < -0.3 is 33.8 Å². The van der Waals surface area contributed by atoms with Gasteiger partial charge >= 0.3 is 39.5 Å². The van der Waals surface area contributed by atoms with Crippen LogP contribution in [0.3, 0.4) is 0 Å². The molecule has 0 aliphatic rings. The Morgan fingerprint density at radius 1 is 0.267 bits per heavy atom. The van der Waals surface area contributed by atoms with Crippen LogP contribution in [0.4, 0.5) is 0 Å². The third kappa shape index (κ3) is 76.1. The minimum atomic E-state index is -4.96. The van der Waals surface area contributed by atoms with Gasteiger partial charge in [0.1, 0.15) is 19.3 Å². The average molecular weight is 1480 g/mol. The number of esters is 4. The standard InChI is InChI=1S/C82H160O17P2/c1-6-9-12-15-18-21-24-27-30-32-33-34-35-37-40-43-46-53-58-63-68-82(87)98-77(71-92-79(84)65-60-55-50-44-41-39-36-31-28-25-22-19-16-13-10-7-2)73-96-100(88,89)94-69-76(83)70-95-101(90,91)97-74-78(72-93-80(85)66-61-56-51-48-47-49-54-59-64-75(4)5)99-81(86)67-62-57-52-45-42-38-29-26-23-20-17-14-11-8-3/h75-78,83H,6-74H2,1-5H3,(H,88,89)(H,90,91)/t76-,77-,78-/m1/s1. The Labute approximate surface area is 619 Å². The second-order valence-corrected chi connectivity index (χ2v) is 32.9. The fraction of sp³-hybridized carbons (Fsp3) is 0.951. The van der Waals surface area contributed by atoms with E-state index in [9.17, 15) is 43.2 Å². The lowest BCUT2D eigenvalue weighted by molar-refractivity contribution is -0.161. The van der Waals surface area contributed by atoms with Crippen molar-refractivity contribution in [2.75, 3.05) is 39.6 Å². The lowest BCUT2D eigenvalue weighted by Gasteiger charge is -2.21. The Balaban J connectivity index is 5.24. The van der Waals surface area contributed by atoms with E-state index in [1.54, 1.807) is 0 Å². The van der Waals surface area contributed by atoms with Crippen molar-refractivity contribution in [1.82, 2.24) is 0 Å². The molecule has 0 saturated heterocycles. The molecule has 19 heteroatoms. The first-order valence-corrected chi connectivity index (χ1v) is 45.6. The van der Waals surface area contributed by atoms with Gasteiger partial charge in [-0.25, -0.2) is 9.13 Å². The molecule has 0 aliphatic heterocycles. The predicted molar refractivity (Wildman–Crippen MR) is 414 cm³/mol. The van der Waals surface area contributed by atoms with Gasteiger partial charge in [0.25, 0.3) is 0 Å². The van der Waals surface area contributed by atoms with Gasteiger partial charge in [-0.3, -0.25) is 37.3 Å². The number of carbonyl (C=O) groups excluding carboxylic acids is 4. The number of ether oxygens (including phenoxy) is 4. The number of phosphoric ester groups is 2. The number of hydrogen-bond acceptors (Lipinski definition) is 15. The van der Waals surface area contributed by atoms with Crippen LogP contribution in [-0.2, 0) is 65.4 Å². The molecule has 2 unspecified atom stereocenters. The molecule has 101 heavy (non-hydrogen) atoms. The minimum Gasteiger partial charge on any atom is -0.462 e. The molecular weight excluding hydrogens is 1320 g/mol. The van der Waals surface area contributed by atoms with Crippen LogP contribution in [0.15, 0.2) is 0 Å². The van der Waals surface area contributed by atoms with Crippen molar-refractivity contribution in [1.29, 1.82) is 0 Å². The van der Waals surface area contributed by atoms with Crippen molar-refractivity contribution in [3.05, 3.63) is 0 Å². The Hall–Kier alpha value is -1.94. The number of phosphoric acid groups is 2. The Bertz CT molecular complexity index is 1930. The van der Waals surface area contributed by atoms with Gasteiger partial charge in [-0.15, -0.1) is 0 Å². The van der Waals surface area contributed by atoms with Crippen molar-refractivity contribution in [2.45, 2.75) is 457 Å². The molecule has 0 rings (SSSR count). The molecule has 0 aromatic rings. The highest BCUT2D eigenvalue weighted by Crippen LogP contribution is 2.45. The van der Waals surface area contributed by atoms with Crippen molar-refractivity contribution in [3.8, 4) is 0 Å². The zero-order valence-electron chi connectivity index (χ0n) is 66.1. The summed E-state index contributed by atoms with van der Waals surface area (Å²) >= 11 is 0. The number of hydrogen-bond donors (Lipinski definition) is 3. The maximum absolute atomic E-state index is 13.1. The zero-order chi connectivity index (χ0) is 74.1. The van der Waals surface area contributed by atoms with Gasteiger partial charge in [-0.2, -0.15) is 0 Å². The Morgan fingerprint density at radius 2 is 0.455 bits per heavy atom. The van der Waals surface area contributed by atoms with Crippen LogP contribution in [0.1, 0.15) is 439 Å². The first-order chi connectivity index (χ1) is 49.0. The molecule has 5 atom stereocenters. The minimum absolute atomic E-state index is 0.108. The Morgan fingerprint density at radius 3 is 0.673 bits per heavy atom. The molecule has 0 amide bonds. The highest BCUT2D eigenvalue weighted by Gasteiger charge is 2.30. The first-order valence-electron chi connectivity index (χ1n) is 42.6. The first kappa shape index (κ1) is 99.1. The van der Waals surface area contributed by atoms with E-state index in [0.29, 0.717) is 25.7 Å². The molecule has 0 aromatic carbocycles. The summed E-state index contributed by atoms with van der Waals surface area (Å²) in [7, 11) is -9.92. The van der Waals surface area contributed by atoms with Crippen molar-refractivity contribution >= 4 is 39.5 Å². The molecule has 0 bridgehead atoms. The molecule has 3 N–H and O–H groups in total. The fourth-order valence-corrected chi connectivity index (χ4v) is 14.3. The van der Waals surface area contributed by atoms with Gasteiger partial charge in [0, 0.05) is 25.7 Å². The summed E-state index contributed by atoms with van der Waals surface area (Å²) in [6.07, 6.45) is 66.6. The smallest absolute Gasteiger partial charge is 0.462 e. The summed E-state index contributed by atoms with van der Waals surface area (Å²) in [5, 5.41) is 10.6. The third-order valence-electron chi connectivity index (χ3n) is 19.3. The summed E-state index contributed by atoms with van der Waals surface area (Å²) in [4.78, 5) is 73.1. The highest BCUT2D eigenvalue weighted by atomic mass is 31.2. The van der Waals surface area contributed by atoms with Gasteiger partial charge in [0.05, 0.1) is 26.4 Å². The van der Waals surface area contributed by atoms with E-state index in [4.69, 9.17) is 37.0 Å². The summed E-state index contributed by atoms with van der Waals surface area (Å²) in [5.41, 5.74) is 0. The molecule has 0 saturated carbocycles. The van der Waals surface area contributed by atoms with Gasteiger partial charge in [-0.05, 0) is 31.6 Å². The largest absolute Gasteiger partial charge is 0.472 e. The number of aliphatic hydroxyl groups is 1. The Kier molecular flexibility index (Phi) is 73.5. The second kappa shape index (κ2) is 74.9. The molecule has 0 fully saturated rings. The monoisotopic (exact) mass is 1480 g/mol. The van der Waals surface area contributed by atoms with Crippen LogP contribution in [0.25, 0.3) is 0 Å². The number of rotatable bonds is 82. The molecule has 17 nitrogen and oxygen atoms in total. The molecular formula is C82H160O17P2. The lowest BCUT2D eigenvalue weighted by Crippen LogP contribution is -2.30. The van der Waals surface area contributed by atoms with Crippen molar-refractivity contribution in [3.63, 3.8) is 0 Å². The summed E-state index contributed by atoms with van der Waals surface area (Å²) in [5.74, 6) is -1.38. The maximum atomic E-state index is 13.1. The number of aliphatic hydroxyl groups excluding tert-OH is 1. The third-order valence-corrected chi connectivity index (χ3v) is 21.2. The van der Waals surface area contributed by atoms with E-state index in [0.717, 1.165) is 95.8 Å². The van der Waals surface area contributed by atoms with E-state index in [1.807, 2.05) is 0 Å². The molecule has 0 aliphatic carbocycles. The van der Waals surface area contributed by atoms with Gasteiger partial charge in [-0.1, -0.05) is 388 Å². The topological polar surface area (TPSA) is 237 Å². The summed E-state index contributed by atoms with van der Waals surface area (Å²) in [6.45, 7) is 7.31. The van der Waals surface area contributed by atoms with Crippen LogP contribution >= 0.6 is 15.6 Å². The normalized spacial score (nSPS) is 13.8. The van der Waals surface area contributed by atoms with Gasteiger partial charge in [0.15, 0.2) is 12.2 Å². The number of carbonyl (C=O) groups is 4. The molecule has 0 spiro atoms.